The van der Waals surface area contributed by atoms with E-state index in [1.165, 1.54) is 0 Å². The van der Waals surface area contributed by atoms with Crippen LogP contribution >= 0.6 is 0 Å². The molecule has 2 amide bonds. The fourth-order valence-electron chi connectivity index (χ4n) is 3.01. The van der Waals surface area contributed by atoms with Crippen molar-refractivity contribution in [3.63, 3.8) is 0 Å². The van der Waals surface area contributed by atoms with Gasteiger partial charge in [0.05, 0.1) is 0 Å². The van der Waals surface area contributed by atoms with Crippen molar-refractivity contribution in [3.8, 4) is 0 Å². The molecule has 0 heterocycles. The Hall–Kier alpha value is -2.04. The smallest absolute Gasteiger partial charge is 0.228 e. The lowest BCUT2D eigenvalue weighted by Gasteiger charge is -2.31. The van der Waals surface area contributed by atoms with Crippen LogP contribution in [0.4, 0.5) is 11.4 Å². The number of rotatable bonds is 8. The van der Waals surface area contributed by atoms with Gasteiger partial charge in [0.1, 0.15) is 0 Å². The molecule has 0 aromatic heterocycles. The SMILES string of the molecule is CCCN(Cc1cc(NC(=O)CC(C)C)ccc1N(C)C)C(=O)C(C)(C)C. The normalized spacial score (nSPS) is 11.4. The van der Waals surface area contributed by atoms with Crippen LogP contribution in [0.15, 0.2) is 18.2 Å². The van der Waals surface area contributed by atoms with Gasteiger partial charge in [0, 0.05) is 50.4 Å². The molecule has 27 heavy (non-hydrogen) atoms. The molecule has 0 fully saturated rings. The van der Waals surface area contributed by atoms with Crippen molar-refractivity contribution in [2.75, 3.05) is 30.9 Å². The number of hydrogen-bond acceptors (Lipinski definition) is 3. The maximum atomic E-state index is 12.9. The second-order valence-corrected chi connectivity index (χ2v) is 8.86. The Kier molecular flexibility index (Phi) is 8.32. The Labute approximate surface area is 165 Å². The first-order valence-corrected chi connectivity index (χ1v) is 9.85. The maximum Gasteiger partial charge on any atom is 0.228 e. The van der Waals surface area contributed by atoms with E-state index in [1.54, 1.807) is 0 Å². The summed E-state index contributed by atoms with van der Waals surface area (Å²) in [7, 11) is 3.98. The van der Waals surface area contributed by atoms with Gasteiger partial charge < -0.3 is 15.1 Å². The third-order valence-electron chi connectivity index (χ3n) is 4.22. The van der Waals surface area contributed by atoms with Crippen molar-refractivity contribution in [3.05, 3.63) is 23.8 Å². The van der Waals surface area contributed by atoms with Gasteiger partial charge in [-0.05, 0) is 36.1 Å². The van der Waals surface area contributed by atoms with Gasteiger partial charge in [0.2, 0.25) is 11.8 Å². The molecular formula is C22H37N3O2. The molecule has 5 heteroatoms. The molecule has 1 N–H and O–H groups in total. The van der Waals surface area contributed by atoms with Crippen LogP contribution in [0.1, 0.15) is 59.9 Å². The molecule has 0 spiro atoms. The van der Waals surface area contributed by atoms with Gasteiger partial charge in [-0.1, -0.05) is 41.5 Å². The van der Waals surface area contributed by atoms with E-state index in [-0.39, 0.29) is 11.8 Å². The van der Waals surface area contributed by atoms with Gasteiger partial charge in [-0.3, -0.25) is 9.59 Å². The Balaban J connectivity index is 3.15. The van der Waals surface area contributed by atoms with E-state index in [1.807, 2.05) is 76.7 Å². The van der Waals surface area contributed by atoms with Crippen molar-refractivity contribution in [1.29, 1.82) is 0 Å². The molecule has 0 aliphatic heterocycles. The van der Waals surface area contributed by atoms with Crippen LogP contribution in [0.25, 0.3) is 0 Å². The number of hydrogen-bond donors (Lipinski definition) is 1. The van der Waals surface area contributed by atoms with E-state index in [9.17, 15) is 9.59 Å². The van der Waals surface area contributed by atoms with Crippen LogP contribution in [0, 0.1) is 11.3 Å². The van der Waals surface area contributed by atoms with Gasteiger partial charge in [-0.25, -0.2) is 0 Å². The van der Waals surface area contributed by atoms with Gasteiger partial charge in [0.15, 0.2) is 0 Å². The second kappa shape index (κ2) is 9.77. The molecule has 152 valence electrons. The number of carbonyl (C=O) groups excluding carboxylic acids is 2. The molecule has 1 aromatic rings. The molecule has 0 bridgehead atoms. The molecule has 0 saturated carbocycles. The van der Waals surface area contributed by atoms with E-state index in [0.29, 0.717) is 25.4 Å². The molecule has 0 unspecified atom stereocenters. The minimum Gasteiger partial charge on any atom is -0.377 e. The third-order valence-corrected chi connectivity index (χ3v) is 4.22. The topological polar surface area (TPSA) is 52.7 Å². The van der Waals surface area contributed by atoms with Crippen LogP contribution < -0.4 is 10.2 Å². The lowest BCUT2D eigenvalue weighted by Crippen LogP contribution is -2.39. The zero-order valence-corrected chi connectivity index (χ0v) is 18.3. The molecular weight excluding hydrogens is 338 g/mol. The van der Waals surface area contributed by atoms with E-state index in [0.717, 1.165) is 23.4 Å². The Morgan fingerprint density at radius 3 is 2.26 bits per heavy atom. The highest BCUT2D eigenvalue weighted by atomic mass is 16.2. The molecule has 1 aromatic carbocycles. The molecule has 0 radical (unpaired) electrons. The fourth-order valence-corrected chi connectivity index (χ4v) is 3.01. The second-order valence-electron chi connectivity index (χ2n) is 8.86. The van der Waals surface area contributed by atoms with E-state index in [2.05, 4.69) is 12.2 Å². The summed E-state index contributed by atoms with van der Waals surface area (Å²) in [5.74, 6) is 0.475. The maximum absolute atomic E-state index is 12.9. The van der Waals surface area contributed by atoms with Gasteiger partial charge in [0.25, 0.3) is 0 Å². The highest BCUT2D eigenvalue weighted by molar-refractivity contribution is 5.91. The zero-order valence-electron chi connectivity index (χ0n) is 18.3. The Morgan fingerprint density at radius 2 is 1.78 bits per heavy atom. The summed E-state index contributed by atoms with van der Waals surface area (Å²) in [5.41, 5.74) is 2.45. The van der Waals surface area contributed by atoms with Gasteiger partial charge in [-0.2, -0.15) is 0 Å². The molecule has 0 saturated heterocycles. The van der Waals surface area contributed by atoms with Crippen molar-refractivity contribution >= 4 is 23.2 Å². The Morgan fingerprint density at radius 1 is 1.15 bits per heavy atom. The molecule has 0 aliphatic rings. The average molecular weight is 376 g/mol. The standard InChI is InChI=1S/C22H37N3O2/c1-9-12-25(21(27)22(4,5)6)15-17-14-18(10-11-19(17)24(7)8)23-20(26)13-16(2)3/h10-11,14,16H,9,12-13,15H2,1-8H3,(H,23,26). The summed E-state index contributed by atoms with van der Waals surface area (Å²) in [4.78, 5) is 29.0. The van der Waals surface area contributed by atoms with Crippen LogP contribution in [-0.2, 0) is 16.1 Å². The lowest BCUT2D eigenvalue weighted by atomic mass is 9.94. The molecule has 1 rings (SSSR count). The van der Waals surface area contributed by atoms with Crippen LogP contribution in [0.3, 0.4) is 0 Å². The summed E-state index contributed by atoms with van der Waals surface area (Å²) in [5, 5.41) is 2.98. The van der Waals surface area contributed by atoms with E-state index < -0.39 is 5.41 Å². The number of nitrogens with zero attached hydrogens (tertiary/aromatic N) is 2. The summed E-state index contributed by atoms with van der Waals surface area (Å²) in [6.07, 6.45) is 1.40. The summed E-state index contributed by atoms with van der Waals surface area (Å²) in [6, 6.07) is 5.92. The first kappa shape index (κ1) is 23.0. The number of anilines is 2. The van der Waals surface area contributed by atoms with Crippen LogP contribution in [0.5, 0.6) is 0 Å². The third kappa shape index (κ3) is 7.24. The number of amides is 2. The predicted octanol–water partition coefficient (Wildman–Crippen LogP) is 4.52. The highest BCUT2D eigenvalue weighted by Crippen LogP contribution is 2.27. The summed E-state index contributed by atoms with van der Waals surface area (Å²) in [6.45, 7) is 13.2. The molecule has 0 atom stereocenters. The van der Waals surface area contributed by atoms with Gasteiger partial charge >= 0.3 is 0 Å². The van der Waals surface area contributed by atoms with Crippen molar-refractivity contribution in [2.24, 2.45) is 11.3 Å². The summed E-state index contributed by atoms with van der Waals surface area (Å²) < 4.78 is 0. The average Bonchev–Trinajstić information content (AvgIpc) is 2.51. The quantitative estimate of drug-likeness (QED) is 0.727. The number of nitrogens with one attached hydrogen (secondary N) is 1. The largest absolute Gasteiger partial charge is 0.377 e. The van der Waals surface area contributed by atoms with Crippen LogP contribution in [0.2, 0.25) is 0 Å². The lowest BCUT2D eigenvalue weighted by molar-refractivity contribution is -0.140. The van der Waals surface area contributed by atoms with E-state index in [4.69, 9.17) is 0 Å². The molecule has 5 nitrogen and oxygen atoms in total. The van der Waals surface area contributed by atoms with E-state index >= 15 is 0 Å². The monoisotopic (exact) mass is 375 g/mol. The minimum absolute atomic E-state index is 0.0183. The number of carbonyl (C=O) groups is 2. The van der Waals surface area contributed by atoms with Crippen molar-refractivity contribution in [1.82, 2.24) is 4.90 Å². The highest BCUT2D eigenvalue weighted by Gasteiger charge is 2.27. The van der Waals surface area contributed by atoms with Crippen molar-refractivity contribution < 1.29 is 9.59 Å². The minimum atomic E-state index is -0.420. The number of benzene rings is 1. The Bertz CT molecular complexity index is 645. The first-order valence-electron chi connectivity index (χ1n) is 9.85. The van der Waals surface area contributed by atoms with Crippen LogP contribution in [-0.4, -0.2) is 37.4 Å². The summed E-state index contributed by atoms with van der Waals surface area (Å²) >= 11 is 0. The zero-order chi connectivity index (χ0) is 20.8. The molecule has 0 aliphatic carbocycles. The van der Waals surface area contributed by atoms with Gasteiger partial charge in [-0.15, -0.1) is 0 Å². The predicted molar refractivity (Wildman–Crippen MR) is 114 cm³/mol. The first-order chi connectivity index (χ1) is 12.5. The fraction of sp³-hybridized carbons (Fsp3) is 0.636. The van der Waals surface area contributed by atoms with Crippen molar-refractivity contribution in [2.45, 2.75) is 60.9 Å².